The topological polar surface area (TPSA) is 35.5 Å². The zero-order chi connectivity index (χ0) is 12.5. The molecule has 3 rings (SSSR count). The number of aliphatic hydroxyl groups is 1. The van der Waals surface area contributed by atoms with Crippen LogP contribution < -0.4 is 5.32 Å². The number of hydrogen-bond donors (Lipinski definition) is 2. The predicted octanol–water partition coefficient (Wildman–Crippen LogP) is 2.00. The van der Waals surface area contributed by atoms with E-state index in [4.69, 9.17) is 0 Å². The van der Waals surface area contributed by atoms with Gasteiger partial charge in [-0.1, -0.05) is 0 Å². The summed E-state index contributed by atoms with van der Waals surface area (Å²) < 4.78 is 0. The molecule has 2 bridgehead atoms. The zero-order valence-corrected chi connectivity index (χ0v) is 11.7. The van der Waals surface area contributed by atoms with Gasteiger partial charge in [0.05, 0.1) is 6.10 Å². The fourth-order valence-corrected chi connectivity index (χ4v) is 4.15. The van der Waals surface area contributed by atoms with E-state index in [0.717, 1.165) is 17.6 Å². The van der Waals surface area contributed by atoms with Crippen LogP contribution in [-0.2, 0) is 0 Å². The summed E-state index contributed by atoms with van der Waals surface area (Å²) in [6.45, 7) is 0.685. The fourth-order valence-electron chi connectivity index (χ4n) is 3.44. The highest BCUT2D eigenvalue weighted by Gasteiger charge is 2.38. The van der Waals surface area contributed by atoms with Crippen LogP contribution in [0.5, 0.6) is 0 Å². The Morgan fingerprint density at radius 2 is 2.17 bits per heavy atom. The summed E-state index contributed by atoms with van der Waals surface area (Å²) in [4.78, 5) is 2.55. The molecule has 4 heteroatoms. The molecular weight excluding hydrogens is 244 g/mol. The summed E-state index contributed by atoms with van der Waals surface area (Å²) in [5.41, 5.74) is 1.04. The van der Waals surface area contributed by atoms with Crippen LogP contribution in [0.2, 0.25) is 0 Å². The van der Waals surface area contributed by atoms with E-state index in [9.17, 15) is 5.11 Å². The van der Waals surface area contributed by atoms with Crippen LogP contribution in [-0.4, -0.2) is 41.7 Å². The Morgan fingerprint density at radius 3 is 2.78 bits per heavy atom. The summed E-state index contributed by atoms with van der Waals surface area (Å²) in [5, 5.41) is 17.7. The number of rotatable bonds is 4. The first-order valence-electron chi connectivity index (χ1n) is 6.89. The van der Waals surface area contributed by atoms with Gasteiger partial charge < -0.3 is 15.3 Å². The van der Waals surface area contributed by atoms with Crippen molar-refractivity contribution in [2.24, 2.45) is 0 Å². The highest BCUT2D eigenvalue weighted by atomic mass is 32.1. The van der Waals surface area contributed by atoms with Gasteiger partial charge in [0.25, 0.3) is 0 Å². The Hall–Kier alpha value is -0.420. The maximum atomic E-state index is 10.1. The molecule has 2 aliphatic rings. The largest absolute Gasteiger partial charge is 0.387 e. The van der Waals surface area contributed by atoms with Crippen molar-refractivity contribution in [3.05, 3.63) is 22.4 Å². The fraction of sp³-hybridized carbons (Fsp3) is 0.714. The molecule has 3 unspecified atom stereocenters. The second-order valence-electron chi connectivity index (χ2n) is 5.70. The van der Waals surface area contributed by atoms with Crippen molar-refractivity contribution in [2.45, 2.75) is 49.9 Å². The standard InChI is InChI=1S/C14H22N2OS/c1-16-12-2-3-13(16)7-11(6-12)15-8-14(17)10-4-5-18-9-10/h4-5,9,11-15,17H,2-3,6-8H2,1H3. The molecule has 0 saturated carbocycles. The number of nitrogens with zero attached hydrogens (tertiary/aromatic N) is 1. The molecule has 0 amide bonds. The van der Waals surface area contributed by atoms with Crippen molar-refractivity contribution < 1.29 is 5.11 Å². The lowest BCUT2D eigenvalue weighted by molar-refractivity contribution is 0.128. The van der Waals surface area contributed by atoms with Crippen LogP contribution in [0, 0.1) is 0 Å². The lowest BCUT2D eigenvalue weighted by Crippen LogP contribution is -2.47. The first-order chi connectivity index (χ1) is 8.74. The van der Waals surface area contributed by atoms with Gasteiger partial charge in [-0.05, 0) is 55.1 Å². The van der Waals surface area contributed by atoms with Gasteiger partial charge in [-0.15, -0.1) is 0 Å². The highest BCUT2D eigenvalue weighted by Crippen LogP contribution is 2.34. The molecule has 1 aromatic heterocycles. The number of fused-ring (bicyclic) bond motifs is 2. The molecule has 2 aliphatic heterocycles. The van der Waals surface area contributed by atoms with Crippen molar-refractivity contribution in [3.63, 3.8) is 0 Å². The molecule has 0 aromatic carbocycles. The predicted molar refractivity (Wildman–Crippen MR) is 74.9 cm³/mol. The van der Waals surface area contributed by atoms with E-state index in [1.165, 1.54) is 25.7 Å². The van der Waals surface area contributed by atoms with Crippen LogP contribution in [0.1, 0.15) is 37.4 Å². The van der Waals surface area contributed by atoms with Crippen molar-refractivity contribution in [2.75, 3.05) is 13.6 Å². The third-order valence-corrected chi connectivity index (χ3v) is 5.33. The van der Waals surface area contributed by atoms with E-state index in [-0.39, 0.29) is 6.10 Å². The molecule has 3 atom stereocenters. The average molecular weight is 266 g/mol. The minimum absolute atomic E-state index is 0.353. The minimum Gasteiger partial charge on any atom is -0.387 e. The van der Waals surface area contributed by atoms with Crippen LogP contribution in [0.25, 0.3) is 0 Å². The molecule has 2 fully saturated rings. The van der Waals surface area contributed by atoms with Gasteiger partial charge in [-0.2, -0.15) is 11.3 Å². The normalized spacial score (nSPS) is 33.8. The molecule has 100 valence electrons. The van der Waals surface area contributed by atoms with E-state index < -0.39 is 0 Å². The molecule has 2 saturated heterocycles. The number of piperidine rings is 1. The molecule has 3 heterocycles. The second kappa shape index (κ2) is 5.29. The number of nitrogens with one attached hydrogen (secondary N) is 1. The number of hydrogen-bond acceptors (Lipinski definition) is 4. The summed E-state index contributed by atoms with van der Waals surface area (Å²) in [6, 6.07) is 4.13. The second-order valence-corrected chi connectivity index (χ2v) is 6.48. The molecule has 1 aromatic rings. The van der Waals surface area contributed by atoms with Crippen LogP contribution in [0.4, 0.5) is 0 Å². The minimum atomic E-state index is -0.353. The van der Waals surface area contributed by atoms with Gasteiger partial charge in [0.15, 0.2) is 0 Å². The number of aliphatic hydroxyl groups excluding tert-OH is 1. The third-order valence-electron chi connectivity index (χ3n) is 4.63. The van der Waals surface area contributed by atoms with Gasteiger partial charge in [0.2, 0.25) is 0 Å². The Balaban J connectivity index is 1.50. The molecule has 0 spiro atoms. The SMILES string of the molecule is CN1C2CCC1CC(NCC(O)c1ccsc1)C2. The van der Waals surface area contributed by atoms with Gasteiger partial charge >= 0.3 is 0 Å². The molecule has 0 radical (unpaired) electrons. The van der Waals surface area contributed by atoms with E-state index in [1.54, 1.807) is 11.3 Å². The highest BCUT2D eigenvalue weighted by molar-refractivity contribution is 7.07. The summed E-state index contributed by atoms with van der Waals surface area (Å²) in [5.74, 6) is 0. The maximum Gasteiger partial charge on any atom is 0.0922 e. The van der Waals surface area contributed by atoms with Crippen LogP contribution >= 0.6 is 11.3 Å². The zero-order valence-electron chi connectivity index (χ0n) is 10.9. The molecule has 18 heavy (non-hydrogen) atoms. The van der Waals surface area contributed by atoms with E-state index in [2.05, 4.69) is 17.3 Å². The first kappa shape index (κ1) is 12.6. The summed E-state index contributed by atoms with van der Waals surface area (Å²) in [7, 11) is 2.26. The van der Waals surface area contributed by atoms with Crippen molar-refractivity contribution in [1.82, 2.24) is 10.2 Å². The molecular formula is C14H22N2OS. The third kappa shape index (κ3) is 2.48. The van der Waals surface area contributed by atoms with Gasteiger partial charge in [0, 0.05) is 24.7 Å². The lowest BCUT2D eigenvalue weighted by Gasteiger charge is -2.37. The monoisotopic (exact) mass is 266 g/mol. The van der Waals surface area contributed by atoms with Crippen LogP contribution in [0.15, 0.2) is 16.8 Å². The van der Waals surface area contributed by atoms with Crippen molar-refractivity contribution in [1.29, 1.82) is 0 Å². The molecule has 0 aliphatic carbocycles. The Kier molecular flexibility index (Phi) is 3.71. The maximum absolute atomic E-state index is 10.1. The smallest absolute Gasteiger partial charge is 0.0922 e. The Bertz CT molecular complexity index is 367. The van der Waals surface area contributed by atoms with E-state index in [0.29, 0.717) is 12.6 Å². The molecule has 3 nitrogen and oxygen atoms in total. The first-order valence-corrected chi connectivity index (χ1v) is 7.84. The van der Waals surface area contributed by atoms with Crippen molar-refractivity contribution >= 4 is 11.3 Å². The van der Waals surface area contributed by atoms with E-state index in [1.807, 2.05) is 16.8 Å². The average Bonchev–Trinajstić information content (AvgIpc) is 2.94. The van der Waals surface area contributed by atoms with Gasteiger partial charge in [-0.3, -0.25) is 0 Å². The van der Waals surface area contributed by atoms with Gasteiger partial charge in [-0.25, -0.2) is 0 Å². The lowest BCUT2D eigenvalue weighted by atomic mass is 9.97. The Morgan fingerprint density at radius 1 is 1.44 bits per heavy atom. The summed E-state index contributed by atoms with van der Waals surface area (Å²) >= 11 is 1.65. The van der Waals surface area contributed by atoms with Crippen molar-refractivity contribution in [3.8, 4) is 0 Å². The quantitative estimate of drug-likeness (QED) is 0.875. The van der Waals surface area contributed by atoms with Gasteiger partial charge in [0.1, 0.15) is 0 Å². The number of thiophene rings is 1. The van der Waals surface area contributed by atoms with Crippen LogP contribution in [0.3, 0.4) is 0 Å². The molecule has 2 N–H and O–H groups in total. The Labute approximate surface area is 113 Å². The van der Waals surface area contributed by atoms with E-state index >= 15 is 0 Å². The summed E-state index contributed by atoms with van der Waals surface area (Å²) in [6.07, 6.45) is 4.83.